The Kier molecular flexibility index (Phi) is 10.7. The van der Waals surface area contributed by atoms with Crippen molar-refractivity contribution in [2.45, 2.75) is 49.9 Å². The fourth-order valence-corrected chi connectivity index (χ4v) is 4.32. The molecule has 0 aliphatic rings. The third-order valence-electron chi connectivity index (χ3n) is 6.43. The van der Waals surface area contributed by atoms with E-state index >= 15 is 0 Å². The predicted molar refractivity (Wildman–Crippen MR) is 151 cm³/mol. The van der Waals surface area contributed by atoms with Crippen molar-refractivity contribution in [2.75, 3.05) is 0 Å². The summed E-state index contributed by atoms with van der Waals surface area (Å²) in [6.45, 7) is 0. The number of rotatable bonds is 15. The van der Waals surface area contributed by atoms with E-state index in [1.54, 1.807) is 36.5 Å². The molecule has 11 N–H and O–H groups in total. The maximum atomic E-state index is 13.3. The number of para-hydroxylation sites is 1. The summed E-state index contributed by atoms with van der Waals surface area (Å²) in [6.07, 6.45) is 0.480. The van der Waals surface area contributed by atoms with Crippen LogP contribution in [0.15, 0.2) is 60.8 Å². The van der Waals surface area contributed by atoms with Crippen LogP contribution in [0.3, 0.4) is 0 Å². The first kappa shape index (κ1) is 31.3. The van der Waals surface area contributed by atoms with Gasteiger partial charge in [-0.3, -0.25) is 24.0 Å². The molecule has 3 rings (SSSR count). The second kappa shape index (κ2) is 14.4. The van der Waals surface area contributed by atoms with Gasteiger partial charge in [0.25, 0.3) is 0 Å². The maximum Gasteiger partial charge on any atom is 0.326 e. The van der Waals surface area contributed by atoms with Crippen molar-refractivity contribution < 1.29 is 33.9 Å². The van der Waals surface area contributed by atoms with E-state index in [2.05, 4.69) is 20.9 Å². The van der Waals surface area contributed by atoms with Gasteiger partial charge < -0.3 is 43.2 Å². The van der Waals surface area contributed by atoms with Crippen LogP contribution in [0.1, 0.15) is 24.0 Å². The largest absolute Gasteiger partial charge is 0.480 e. The van der Waals surface area contributed by atoms with Crippen molar-refractivity contribution in [3.8, 4) is 0 Å². The molecule has 14 heteroatoms. The number of aromatic amines is 1. The molecule has 4 atom stereocenters. The summed E-state index contributed by atoms with van der Waals surface area (Å²) in [5.74, 6) is -5.97. The summed E-state index contributed by atoms with van der Waals surface area (Å²) in [4.78, 5) is 77.0. The number of hydrogen-bond acceptors (Lipinski definition) is 7. The zero-order chi connectivity index (χ0) is 30.8. The number of nitrogens with two attached hydrogens (primary N) is 3. The molecule has 14 nitrogen and oxygen atoms in total. The van der Waals surface area contributed by atoms with Gasteiger partial charge in [0.1, 0.15) is 18.1 Å². The van der Waals surface area contributed by atoms with Gasteiger partial charge in [-0.2, -0.15) is 0 Å². The number of amides is 5. The molecule has 1 heterocycles. The van der Waals surface area contributed by atoms with Crippen LogP contribution in [-0.4, -0.2) is 69.8 Å². The number of benzene rings is 2. The first-order chi connectivity index (χ1) is 19.9. The molecule has 0 spiro atoms. The minimum absolute atomic E-state index is 0.0847. The van der Waals surface area contributed by atoms with E-state index in [0.717, 1.165) is 16.5 Å². The van der Waals surface area contributed by atoms with Gasteiger partial charge in [0.15, 0.2) is 0 Å². The molecule has 0 aliphatic heterocycles. The second-order valence-corrected chi connectivity index (χ2v) is 9.72. The summed E-state index contributed by atoms with van der Waals surface area (Å²) < 4.78 is 0. The Balaban J connectivity index is 1.76. The van der Waals surface area contributed by atoms with Crippen LogP contribution in [0.25, 0.3) is 10.9 Å². The smallest absolute Gasteiger partial charge is 0.326 e. The molecule has 4 unspecified atom stereocenters. The molecule has 222 valence electrons. The molecule has 42 heavy (non-hydrogen) atoms. The first-order valence-electron chi connectivity index (χ1n) is 13.0. The van der Waals surface area contributed by atoms with Crippen molar-refractivity contribution in [2.24, 2.45) is 17.2 Å². The molecule has 0 bridgehead atoms. The van der Waals surface area contributed by atoms with Crippen molar-refractivity contribution in [1.82, 2.24) is 20.9 Å². The molecule has 5 amide bonds. The number of primary amides is 2. The van der Waals surface area contributed by atoms with E-state index in [9.17, 15) is 33.9 Å². The highest BCUT2D eigenvalue weighted by Gasteiger charge is 2.32. The minimum Gasteiger partial charge on any atom is -0.480 e. The SMILES string of the molecule is NC(=O)CC(NC(=O)C(Cc1ccccc1)NC(=O)C(CC(N)=O)NC(=O)C(N)Cc1c[nH]c2ccccc12)C(=O)O. The highest BCUT2D eigenvalue weighted by molar-refractivity contribution is 5.97. The summed E-state index contributed by atoms with van der Waals surface area (Å²) in [5.41, 5.74) is 18.8. The van der Waals surface area contributed by atoms with Crippen LogP contribution in [0.2, 0.25) is 0 Å². The van der Waals surface area contributed by atoms with Gasteiger partial charge in [0.2, 0.25) is 29.5 Å². The van der Waals surface area contributed by atoms with Gasteiger partial charge in [-0.15, -0.1) is 0 Å². The topological polar surface area (TPSA) is 253 Å². The van der Waals surface area contributed by atoms with Gasteiger partial charge in [0, 0.05) is 23.5 Å². The average Bonchev–Trinajstić information content (AvgIpc) is 3.34. The van der Waals surface area contributed by atoms with E-state index in [1.807, 2.05) is 24.3 Å². The Morgan fingerprint density at radius 1 is 0.714 bits per heavy atom. The van der Waals surface area contributed by atoms with Crippen LogP contribution in [0, 0.1) is 0 Å². The van der Waals surface area contributed by atoms with Gasteiger partial charge >= 0.3 is 5.97 Å². The molecule has 3 aromatic rings. The highest BCUT2D eigenvalue weighted by atomic mass is 16.4. The Labute approximate surface area is 240 Å². The van der Waals surface area contributed by atoms with Crippen molar-refractivity contribution in [1.29, 1.82) is 0 Å². The number of carboxylic acids is 1. The lowest BCUT2D eigenvalue weighted by atomic mass is 10.0. The highest BCUT2D eigenvalue weighted by Crippen LogP contribution is 2.19. The minimum atomic E-state index is -1.64. The number of hydrogen-bond donors (Lipinski definition) is 8. The molecule has 0 saturated carbocycles. The van der Waals surface area contributed by atoms with Crippen LogP contribution >= 0.6 is 0 Å². The lowest BCUT2D eigenvalue weighted by molar-refractivity contribution is -0.143. The summed E-state index contributed by atoms with van der Waals surface area (Å²) in [5, 5.41) is 17.3. The Morgan fingerprint density at radius 2 is 1.26 bits per heavy atom. The summed E-state index contributed by atoms with van der Waals surface area (Å²) in [6, 6.07) is 10.3. The molecule has 1 aromatic heterocycles. The number of carbonyl (C=O) groups is 6. The Hall–Kier alpha value is -5.24. The van der Waals surface area contributed by atoms with Gasteiger partial charge in [0.05, 0.1) is 18.9 Å². The standard InChI is InChI=1S/C28H33N7O7/c29-18(11-16-14-32-19-9-5-4-8-17(16)19)25(38)33-21(12-23(30)36)27(40)34-20(10-15-6-2-1-3-7-15)26(39)35-22(28(41)42)13-24(31)37/h1-9,14,18,20-22,32H,10-13,29H2,(H2,30,36)(H2,31,37)(H,33,38)(H,34,40)(H,35,39)(H,41,42). The average molecular weight is 580 g/mol. The van der Waals surface area contributed by atoms with Gasteiger partial charge in [-0.05, 0) is 23.6 Å². The molecule has 2 aromatic carbocycles. The number of carboxylic acid groups (broad SMARTS) is 1. The number of H-pyrrole nitrogens is 1. The van der Waals surface area contributed by atoms with Crippen LogP contribution in [-0.2, 0) is 41.6 Å². The molecular formula is C28H33N7O7. The lowest BCUT2D eigenvalue weighted by Gasteiger charge is -2.25. The number of carbonyl (C=O) groups excluding carboxylic acids is 5. The molecular weight excluding hydrogens is 546 g/mol. The zero-order valence-corrected chi connectivity index (χ0v) is 22.5. The predicted octanol–water partition coefficient (Wildman–Crippen LogP) is -1.43. The van der Waals surface area contributed by atoms with Crippen molar-refractivity contribution in [3.05, 3.63) is 71.9 Å². The van der Waals surface area contributed by atoms with Crippen LogP contribution < -0.4 is 33.2 Å². The Morgan fingerprint density at radius 3 is 1.90 bits per heavy atom. The van der Waals surface area contributed by atoms with E-state index in [0.29, 0.717) is 5.56 Å². The maximum absolute atomic E-state index is 13.3. The number of aromatic nitrogens is 1. The van der Waals surface area contributed by atoms with E-state index in [4.69, 9.17) is 17.2 Å². The zero-order valence-electron chi connectivity index (χ0n) is 22.5. The van der Waals surface area contributed by atoms with Crippen molar-refractivity contribution in [3.63, 3.8) is 0 Å². The number of aliphatic carboxylic acids is 1. The molecule has 0 fully saturated rings. The lowest BCUT2D eigenvalue weighted by Crippen LogP contribution is -2.58. The third-order valence-corrected chi connectivity index (χ3v) is 6.43. The fraction of sp³-hybridized carbons (Fsp3) is 0.286. The monoisotopic (exact) mass is 579 g/mol. The van der Waals surface area contributed by atoms with Crippen LogP contribution in [0.4, 0.5) is 0 Å². The Bertz CT molecular complexity index is 1460. The first-order valence-corrected chi connectivity index (χ1v) is 13.0. The van der Waals surface area contributed by atoms with E-state index in [-0.39, 0.29) is 12.8 Å². The summed E-state index contributed by atoms with van der Waals surface area (Å²) >= 11 is 0. The summed E-state index contributed by atoms with van der Waals surface area (Å²) in [7, 11) is 0. The number of fused-ring (bicyclic) bond motifs is 1. The second-order valence-electron chi connectivity index (χ2n) is 9.72. The third kappa shape index (κ3) is 8.89. The number of nitrogens with one attached hydrogen (secondary N) is 4. The van der Waals surface area contributed by atoms with Gasteiger partial charge in [-0.1, -0.05) is 48.5 Å². The van der Waals surface area contributed by atoms with E-state index in [1.165, 1.54) is 0 Å². The van der Waals surface area contributed by atoms with Gasteiger partial charge in [-0.25, -0.2) is 4.79 Å². The normalized spacial score (nSPS) is 13.7. The van der Waals surface area contributed by atoms with Crippen molar-refractivity contribution >= 4 is 46.4 Å². The molecule has 0 aliphatic carbocycles. The fourth-order valence-electron chi connectivity index (χ4n) is 4.32. The van der Waals surface area contributed by atoms with Crippen LogP contribution in [0.5, 0.6) is 0 Å². The van der Waals surface area contributed by atoms with E-state index < -0.39 is 72.5 Å². The molecule has 0 radical (unpaired) electrons. The molecule has 0 saturated heterocycles. The quantitative estimate of drug-likeness (QED) is 0.106.